The molecule has 0 radical (unpaired) electrons. The summed E-state index contributed by atoms with van der Waals surface area (Å²) in [7, 11) is 0. The van der Waals surface area contributed by atoms with Gasteiger partial charge < -0.3 is 0 Å². The standard InChI is InChI=1S/C16H16N4/c1-12-10-13(2)20(19-12)11-14-6-5-8-16(18-14)15-7-3-4-9-17-15/h3-10H,11H2,1-2H3. The van der Waals surface area contributed by atoms with E-state index in [2.05, 4.69) is 28.1 Å². The lowest BCUT2D eigenvalue weighted by Crippen LogP contribution is -2.06. The van der Waals surface area contributed by atoms with E-state index in [0.29, 0.717) is 6.54 Å². The summed E-state index contributed by atoms with van der Waals surface area (Å²) >= 11 is 0. The molecule has 0 bridgehead atoms. The van der Waals surface area contributed by atoms with Crippen LogP contribution in [0.1, 0.15) is 17.1 Å². The lowest BCUT2D eigenvalue weighted by Gasteiger charge is -2.06. The van der Waals surface area contributed by atoms with E-state index in [1.807, 2.05) is 48.0 Å². The van der Waals surface area contributed by atoms with Gasteiger partial charge in [-0.05, 0) is 44.2 Å². The SMILES string of the molecule is Cc1cc(C)n(Cc2cccc(-c3ccccn3)n2)n1. The van der Waals surface area contributed by atoms with E-state index >= 15 is 0 Å². The van der Waals surface area contributed by atoms with Gasteiger partial charge in [-0.15, -0.1) is 0 Å². The van der Waals surface area contributed by atoms with Gasteiger partial charge in [0.05, 0.1) is 29.3 Å². The second-order valence-corrected chi connectivity index (χ2v) is 4.81. The number of aryl methyl sites for hydroxylation is 2. The van der Waals surface area contributed by atoms with Crippen LogP contribution >= 0.6 is 0 Å². The molecule has 0 N–H and O–H groups in total. The second kappa shape index (κ2) is 5.25. The highest BCUT2D eigenvalue weighted by Gasteiger charge is 2.05. The number of rotatable bonds is 3. The van der Waals surface area contributed by atoms with Crippen LogP contribution in [0.3, 0.4) is 0 Å². The van der Waals surface area contributed by atoms with Gasteiger partial charge in [0.2, 0.25) is 0 Å². The molecule has 3 rings (SSSR count). The van der Waals surface area contributed by atoms with Crippen molar-refractivity contribution in [2.45, 2.75) is 20.4 Å². The third kappa shape index (κ3) is 2.59. The van der Waals surface area contributed by atoms with Crippen LogP contribution in [0.25, 0.3) is 11.4 Å². The minimum atomic E-state index is 0.681. The smallest absolute Gasteiger partial charge is 0.0890 e. The zero-order valence-electron chi connectivity index (χ0n) is 11.6. The molecular weight excluding hydrogens is 248 g/mol. The van der Waals surface area contributed by atoms with E-state index in [1.54, 1.807) is 6.20 Å². The molecule has 0 aliphatic carbocycles. The molecule has 0 amide bonds. The van der Waals surface area contributed by atoms with E-state index in [0.717, 1.165) is 28.5 Å². The van der Waals surface area contributed by atoms with Crippen LogP contribution in [0.15, 0.2) is 48.7 Å². The zero-order chi connectivity index (χ0) is 13.9. The van der Waals surface area contributed by atoms with Crippen molar-refractivity contribution in [3.05, 3.63) is 65.7 Å². The Labute approximate surface area is 118 Å². The summed E-state index contributed by atoms with van der Waals surface area (Å²) in [5.74, 6) is 0. The van der Waals surface area contributed by atoms with Crippen molar-refractivity contribution in [2.75, 3.05) is 0 Å². The minimum absolute atomic E-state index is 0.681. The molecule has 100 valence electrons. The Kier molecular flexibility index (Phi) is 3.29. The molecular formula is C16H16N4. The van der Waals surface area contributed by atoms with Crippen LogP contribution in [0.2, 0.25) is 0 Å². The van der Waals surface area contributed by atoms with E-state index in [9.17, 15) is 0 Å². The highest BCUT2D eigenvalue weighted by Crippen LogP contribution is 2.14. The summed E-state index contributed by atoms with van der Waals surface area (Å²) in [6.07, 6.45) is 1.78. The Hall–Kier alpha value is -2.49. The fourth-order valence-corrected chi connectivity index (χ4v) is 2.21. The maximum atomic E-state index is 4.67. The first-order chi connectivity index (χ1) is 9.72. The largest absolute Gasteiger partial charge is 0.264 e. The van der Waals surface area contributed by atoms with Gasteiger partial charge in [0, 0.05) is 11.9 Å². The van der Waals surface area contributed by atoms with Gasteiger partial charge in [-0.2, -0.15) is 5.10 Å². The summed E-state index contributed by atoms with van der Waals surface area (Å²) in [6.45, 7) is 4.74. The highest BCUT2D eigenvalue weighted by molar-refractivity contribution is 5.53. The van der Waals surface area contributed by atoms with Crippen LogP contribution in [0.5, 0.6) is 0 Å². The van der Waals surface area contributed by atoms with Gasteiger partial charge >= 0.3 is 0 Å². The molecule has 20 heavy (non-hydrogen) atoms. The molecule has 3 heterocycles. The van der Waals surface area contributed by atoms with Crippen molar-refractivity contribution in [2.24, 2.45) is 0 Å². The maximum absolute atomic E-state index is 4.67. The number of hydrogen-bond acceptors (Lipinski definition) is 3. The molecule has 0 unspecified atom stereocenters. The van der Waals surface area contributed by atoms with E-state index in [-0.39, 0.29) is 0 Å². The quantitative estimate of drug-likeness (QED) is 0.730. The lowest BCUT2D eigenvalue weighted by molar-refractivity contribution is 0.647. The molecule has 0 atom stereocenters. The van der Waals surface area contributed by atoms with Gasteiger partial charge in [0.25, 0.3) is 0 Å². The van der Waals surface area contributed by atoms with Crippen LogP contribution in [-0.4, -0.2) is 19.7 Å². The van der Waals surface area contributed by atoms with Crippen LogP contribution in [-0.2, 0) is 6.54 Å². The minimum Gasteiger partial charge on any atom is -0.264 e. The summed E-state index contributed by atoms with van der Waals surface area (Å²) < 4.78 is 1.97. The Bertz CT molecular complexity index is 716. The first-order valence-corrected chi connectivity index (χ1v) is 6.61. The monoisotopic (exact) mass is 264 g/mol. The predicted molar refractivity (Wildman–Crippen MR) is 78.3 cm³/mol. The summed E-state index contributed by atoms with van der Waals surface area (Å²) in [6, 6.07) is 13.9. The Morgan fingerprint density at radius 3 is 2.55 bits per heavy atom. The fourth-order valence-electron chi connectivity index (χ4n) is 2.21. The van der Waals surface area contributed by atoms with Crippen molar-refractivity contribution in [1.29, 1.82) is 0 Å². The van der Waals surface area contributed by atoms with E-state index in [1.165, 1.54) is 0 Å². The molecule has 0 fully saturated rings. The fraction of sp³-hybridized carbons (Fsp3) is 0.188. The van der Waals surface area contributed by atoms with E-state index < -0.39 is 0 Å². The lowest BCUT2D eigenvalue weighted by atomic mass is 10.2. The number of hydrogen-bond donors (Lipinski definition) is 0. The number of nitrogens with zero attached hydrogens (tertiary/aromatic N) is 4. The van der Waals surface area contributed by atoms with Crippen molar-refractivity contribution in [1.82, 2.24) is 19.7 Å². The normalized spacial score (nSPS) is 10.7. The van der Waals surface area contributed by atoms with Gasteiger partial charge in [0.1, 0.15) is 0 Å². The average molecular weight is 264 g/mol. The molecule has 0 saturated heterocycles. The number of pyridine rings is 2. The topological polar surface area (TPSA) is 43.6 Å². The molecule has 0 aliphatic rings. The molecule has 0 spiro atoms. The van der Waals surface area contributed by atoms with Crippen LogP contribution < -0.4 is 0 Å². The summed E-state index contributed by atoms with van der Waals surface area (Å²) in [5, 5.41) is 4.47. The van der Waals surface area contributed by atoms with Crippen molar-refractivity contribution in [3.8, 4) is 11.4 Å². The first-order valence-electron chi connectivity index (χ1n) is 6.61. The van der Waals surface area contributed by atoms with Gasteiger partial charge in [-0.25, -0.2) is 4.98 Å². The van der Waals surface area contributed by atoms with Crippen molar-refractivity contribution in [3.63, 3.8) is 0 Å². The molecule has 4 nitrogen and oxygen atoms in total. The van der Waals surface area contributed by atoms with Crippen molar-refractivity contribution >= 4 is 0 Å². The summed E-state index contributed by atoms with van der Waals surface area (Å²) in [4.78, 5) is 9.00. The number of aromatic nitrogens is 4. The Morgan fingerprint density at radius 1 is 1.00 bits per heavy atom. The molecule has 3 aromatic rings. The van der Waals surface area contributed by atoms with Crippen molar-refractivity contribution < 1.29 is 0 Å². The van der Waals surface area contributed by atoms with Gasteiger partial charge in [-0.3, -0.25) is 9.67 Å². The highest BCUT2D eigenvalue weighted by atomic mass is 15.3. The third-order valence-electron chi connectivity index (χ3n) is 3.15. The van der Waals surface area contributed by atoms with E-state index in [4.69, 9.17) is 0 Å². The van der Waals surface area contributed by atoms with Crippen LogP contribution in [0, 0.1) is 13.8 Å². The third-order valence-corrected chi connectivity index (χ3v) is 3.15. The molecule has 3 aromatic heterocycles. The predicted octanol–water partition coefficient (Wildman–Crippen LogP) is 3.01. The average Bonchev–Trinajstić information content (AvgIpc) is 2.78. The molecule has 0 aliphatic heterocycles. The summed E-state index contributed by atoms with van der Waals surface area (Å²) in [5.41, 5.74) is 4.95. The molecule has 0 saturated carbocycles. The van der Waals surface area contributed by atoms with Crippen LogP contribution in [0.4, 0.5) is 0 Å². The van der Waals surface area contributed by atoms with Gasteiger partial charge in [-0.1, -0.05) is 12.1 Å². The maximum Gasteiger partial charge on any atom is 0.0890 e. The Morgan fingerprint density at radius 2 is 1.85 bits per heavy atom. The molecule has 0 aromatic carbocycles. The zero-order valence-corrected chi connectivity index (χ0v) is 11.6. The molecule has 4 heteroatoms. The van der Waals surface area contributed by atoms with Gasteiger partial charge in [0.15, 0.2) is 0 Å². The first kappa shape index (κ1) is 12.5. The second-order valence-electron chi connectivity index (χ2n) is 4.81. The Balaban J connectivity index is 1.90.